The largest absolute Gasteiger partial charge is 0.494 e. The van der Waals surface area contributed by atoms with Crippen molar-refractivity contribution < 1.29 is 9.31 Å². The summed E-state index contributed by atoms with van der Waals surface area (Å²) in [6.07, 6.45) is 3.19. The molecule has 12 aromatic carbocycles. The maximum atomic E-state index is 6.23. The van der Waals surface area contributed by atoms with E-state index in [1.54, 1.807) is 12.4 Å². The lowest BCUT2D eigenvalue weighted by Gasteiger charge is -2.32. The van der Waals surface area contributed by atoms with Crippen LogP contribution in [0, 0.1) is 0 Å². The number of nitrogens with zero attached hydrogens (tertiary/aromatic N) is 4. The van der Waals surface area contributed by atoms with Crippen LogP contribution in [-0.2, 0) is 20.1 Å². The molecule has 4 aromatic heterocycles. The fraction of sp³-hybridized carbons (Fsp3) is 0.130. The third kappa shape index (κ3) is 11.5. The second-order valence-corrected chi connectivity index (χ2v) is 31.4. The molecule has 102 heavy (non-hydrogen) atoms. The lowest BCUT2D eigenvalue weighted by molar-refractivity contribution is 0.00578. The molecule has 19 rings (SSSR count). The van der Waals surface area contributed by atoms with Crippen molar-refractivity contribution >= 4 is 87.2 Å². The third-order valence-electron chi connectivity index (χ3n) is 21.5. The van der Waals surface area contributed by atoms with Crippen molar-refractivity contribution in [3.05, 3.63) is 319 Å². The molecule has 0 atom stereocenters. The first-order valence-corrected chi connectivity index (χ1v) is 36.8. The normalized spacial score (nSPS) is 14.7. The molecule has 1 aliphatic heterocycles. The zero-order chi connectivity index (χ0) is 69.7. The minimum Gasteiger partial charge on any atom is -0.399 e. The van der Waals surface area contributed by atoms with Gasteiger partial charge in [0.25, 0.3) is 0 Å². The second kappa shape index (κ2) is 25.5. The van der Waals surface area contributed by atoms with Crippen molar-refractivity contribution in [3.63, 3.8) is 0 Å². The summed E-state index contributed by atoms with van der Waals surface area (Å²) >= 11 is 9.80. The van der Waals surface area contributed by atoms with Crippen LogP contribution in [0.15, 0.2) is 292 Å². The van der Waals surface area contributed by atoms with Gasteiger partial charge in [0.15, 0.2) is 0 Å². The quantitative estimate of drug-likeness (QED) is 0.112. The first-order valence-electron chi connectivity index (χ1n) is 34.8. The smallest absolute Gasteiger partial charge is 0.399 e. The van der Waals surface area contributed by atoms with E-state index in [0.29, 0.717) is 5.15 Å². The highest BCUT2D eigenvalue weighted by Crippen LogP contribution is 2.51. The minimum atomic E-state index is -0.310. The Bertz CT molecular complexity index is 5970. The van der Waals surface area contributed by atoms with Crippen LogP contribution < -0.4 is 5.46 Å². The summed E-state index contributed by atoms with van der Waals surface area (Å²) in [6, 6.07) is 100. The summed E-state index contributed by atoms with van der Waals surface area (Å²) in [7, 11) is -0.306. The molecule has 0 saturated carbocycles. The number of aromatic nitrogens is 4. The van der Waals surface area contributed by atoms with Crippen LogP contribution in [0.2, 0.25) is 5.15 Å². The van der Waals surface area contributed by atoms with Gasteiger partial charge in [0.1, 0.15) is 17.8 Å². The van der Waals surface area contributed by atoms with E-state index in [-0.39, 0.29) is 29.2 Å². The van der Waals surface area contributed by atoms with E-state index in [9.17, 15) is 0 Å². The molecule has 5 heterocycles. The molecule has 0 amide bonds. The Morgan fingerprint density at radius 3 is 1.16 bits per heavy atom. The van der Waals surface area contributed by atoms with Crippen LogP contribution in [0.3, 0.4) is 0 Å². The fourth-order valence-electron chi connectivity index (χ4n) is 15.3. The van der Waals surface area contributed by atoms with Crippen molar-refractivity contribution in [3.8, 4) is 101 Å². The highest BCUT2D eigenvalue weighted by atomic mass is 35.5. The molecule has 3 aliphatic rings. The molecule has 0 bridgehead atoms. The summed E-state index contributed by atoms with van der Waals surface area (Å²) in [4.78, 5) is 17.8. The van der Waals surface area contributed by atoms with Gasteiger partial charge < -0.3 is 9.31 Å². The summed E-state index contributed by atoms with van der Waals surface area (Å²) in [6.45, 7) is 17.6. The first-order chi connectivity index (χ1) is 49.4. The zero-order valence-corrected chi connectivity index (χ0v) is 60.5. The highest BCUT2D eigenvalue weighted by molar-refractivity contribution is 7.26. The molecule has 1 fully saturated rings. The van der Waals surface area contributed by atoms with E-state index < -0.39 is 0 Å². The van der Waals surface area contributed by atoms with E-state index in [1.165, 1.54) is 130 Å². The van der Waals surface area contributed by atoms with Gasteiger partial charge in [0.2, 0.25) is 0 Å². The van der Waals surface area contributed by atoms with Crippen molar-refractivity contribution in [2.24, 2.45) is 0 Å². The molecule has 1 saturated heterocycles. The Balaban J connectivity index is 0.000000121. The highest BCUT2D eigenvalue weighted by Gasteiger charge is 2.52. The molecule has 2 aliphatic carbocycles. The van der Waals surface area contributed by atoms with Crippen LogP contribution in [0.1, 0.15) is 77.6 Å². The van der Waals surface area contributed by atoms with Crippen molar-refractivity contribution in [1.29, 1.82) is 0 Å². The van der Waals surface area contributed by atoms with Gasteiger partial charge in [-0.3, -0.25) is 0 Å². The Kier molecular flexibility index (Phi) is 16.2. The molecule has 0 unspecified atom stereocenters. The number of hydrogen-bond acceptors (Lipinski definition) is 8. The number of fused-ring (bicyclic) bond motifs is 12. The Morgan fingerprint density at radius 2 is 0.657 bits per heavy atom. The average Bonchev–Trinajstić information content (AvgIpc) is 1.58. The van der Waals surface area contributed by atoms with Gasteiger partial charge in [-0.1, -0.05) is 264 Å². The topological polar surface area (TPSA) is 70.0 Å². The van der Waals surface area contributed by atoms with E-state index in [0.717, 1.165) is 44.8 Å². The third-order valence-corrected chi connectivity index (χ3v) is 24.1. The molecule has 6 nitrogen and oxygen atoms in total. The lowest BCUT2D eigenvalue weighted by Crippen LogP contribution is -2.41. The maximum Gasteiger partial charge on any atom is 0.494 e. The Morgan fingerprint density at radius 1 is 0.294 bits per heavy atom. The molecular weight excluding hydrogens is 1300 g/mol. The fourth-order valence-corrected chi connectivity index (χ4v) is 17.9. The van der Waals surface area contributed by atoms with Gasteiger partial charge in [-0.15, -0.1) is 22.7 Å². The molecule has 494 valence electrons. The Labute approximate surface area is 609 Å². The van der Waals surface area contributed by atoms with Gasteiger partial charge in [0.05, 0.1) is 28.3 Å². The van der Waals surface area contributed by atoms with E-state index in [1.807, 2.05) is 28.7 Å². The van der Waals surface area contributed by atoms with Crippen molar-refractivity contribution in [1.82, 2.24) is 19.9 Å². The molecule has 0 spiro atoms. The van der Waals surface area contributed by atoms with Crippen LogP contribution in [0.5, 0.6) is 0 Å². The van der Waals surface area contributed by atoms with Crippen LogP contribution in [0.25, 0.3) is 141 Å². The van der Waals surface area contributed by atoms with E-state index in [4.69, 9.17) is 30.9 Å². The number of thiophene rings is 2. The minimum absolute atomic E-state index is 0.00553. The predicted octanol–water partition coefficient (Wildman–Crippen LogP) is 24.6. The summed E-state index contributed by atoms with van der Waals surface area (Å²) in [5, 5.41) is 5.73. The van der Waals surface area contributed by atoms with Crippen LogP contribution in [0.4, 0.5) is 0 Å². The van der Waals surface area contributed by atoms with Gasteiger partial charge >= 0.3 is 7.12 Å². The number of hydrogen-bond donors (Lipinski definition) is 0. The number of halogens is 1. The summed E-state index contributed by atoms with van der Waals surface area (Å²) in [5.41, 5.74) is 26.8. The van der Waals surface area contributed by atoms with Gasteiger partial charge in [-0.05, 0) is 171 Å². The van der Waals surface area contributed by atoms with Gasteiger partial charge in [-0.25, -0.2) is 19.9 Å². The maximum absolute atomic E-state index is 6.23. The molecule has 0 N–H and O–H groups in total. The van der Waals surface area contributed by atoms with Gasteiger partial charge in [-0.2, -0.15) is 0 Å². The number of rotatable bonds is 8. The van der Waals surface area contributed by atoms with Crippen molar-refractivity contribution in [2.75, 3.05) is 0 Å². The SMILES string of the molecule is CC1(C)c2ccccc2-c2ccc(-c3cc(-c4cccc(-c5cccc(-c6cccc7c6sc6ccccc67)c5)c4)ncn3)cc21.CC1(C)c2ccccc2-c2ccc(B3OC(C)(C)C(C)(C)O3)cc21.Clc1cc(-c2cccc(-c3cccc(-c4cccc5c4sc4ccccc45)c3)c2)ncn1. The predicted molar refractivity (Wildman–Crippen MR) is 430 cm³/mol. The van der Waals surface area contributed by atoms with E-state index in [2.05, 4.69) is 332 Å². The molecular formula is C92H72BClN4O2S2. The van der Waals surface area contributed by atoms with Gasteiger partial charge in [0, 0.05) is 73.9 Å². The van der Waals surface area contributed by atoms with Crippen molar-refractivity contribution in [2.45, 2.75) is 77.4 Å². The Hall–Kier alpha value is -10.5. The molecule has 0 radical (unpaired) electrons. The standard InChI is InChI=1S/C43H30N2S.C28H17ClN2S.C21H25BO2/c1-43(2)37-18-5-3-14-33(37)34-21-20-31(24-38(34)43)40-25-39(44-26-45-40)30-13-8-11-28(23-30)27-10-7-12-29(22-27)32-16-9-17-36-35-15-4-6-19-41(35)46-42(32)36;29-27-16-25(30-17-31-27)21-9-4-7-19(15-21)18-6-3-8-20(14-18)22-11-5-12-24-23-10-1-2-13-26(23)32-28(22)24;1-19(2)17-10-8-7-9-15(17)16-12-11-14(13-18(16)19)22-23-20(3,4)21(5,6)24-22/h3-26H,1-2H3;1-17H;7-13H,1-6H3. The average molecular weight is 1380 g/mol. The summed E-state index contributed by atoms with van der Waals surface area (Å²) in [5.74, 6) is 0. The van der Waals surface area contributed by atoms with Crippen LogP contribution in [-0.4, -0.2) is 38.3 Å². The van der Waals surface area contributed by atoms with Crippen LogP contribution >= 0.6 is 34.3 Å². The lowest BCUT2D eigenvalue weighted by atomic mass is 9.74. The van der Waals surface area contributed by atoms with E-state index >= 15 is 0 Å². The summed E-state index contributed by atoms with van der Waals surface area (Å²) < 4.78 is 17.8. The first kappa shape index (κ1) is 64.9. The molecule has 10 heteroatoms. The molecule has 16 aromatic rings. The monoisotopic (exact) mass is 1370 g/mol. The number of benzene rings is 12. The second-order valence-electron chi connectivity index (χ2n) is 28.9. The zero-order valence-electron chi connectivity index (χ0n) is 58.1.